The van der Waals surface area contributed by atoms with Crippen LogP contribution in [-0.2, 0) is 5.41 Å². The standard InChI is InChI=1S/C56H38N4S/c1-3-17-38(18-4-1)59-48-27-13-8-22-42(48)56(43-23-9-14-28-49(43)59)44-24-10-16-30-52(44)61-54-45(56)35-36-51-53(54)41-21-7-12-26-47(41)58(51)40-33-31-37(32-34-40)55-57-46-25-11-15-29-50(46)60(55)39-19-5-2-6-20-39/h1-36,55,57H. The molecule has 3 aliphatic heterocycles. The molecule has 5 heteroatoms. The molecule has 9 aromatic carbocycles. The Balaban J connectivity index is 1.02. The maximum Gasteiger partial charge on any atom is 0.130 e. The summed E-state index contributed by atoms with van der Waals surface area (Å²) in [6.45, 7) is 0. The number of nitrogens with zero attached hydrogens (tertiary/aromatic N) is 3. The normalized spacial score (nSPS) is 15.5. The number of para-hydroxylation sites is 7. The summed E-state index contributed by atoms with van der Waals surface area (Å²) in [6.07, 6.45) is -0.0364. The van der Waals surface area contributed by atoms with E-state index in [2.05, 4.69) is 238 Å². The number of hydrogen-bond donors (Lipinski definition) is 1. The lowest BCUT2D eigenvalue weighted by molar-refractivity contribution is 0.695. The summed E-state index contributed by atoms with van der Waals surface area (Å²) in [5.74, 6) is 0. The van der Waals surface area contributed by atoms with Crippen LogP contribution in [0.25, 0.3) is 27.5 Å². The van der Waals surface area contributed by atoms with E-state index < -0.39 is 5.41 Å². The number of aromatic nitrogens is 1. The molecule has 13 rings (SSSR count). The fourth-order valence-electron chi connectivity index (χ4n) is 10.6. The van der Waals surface area contributed by atoms with Crippen LogP contribution in [0.2, 0.25) is 0 Å². The third-order valence-corrected chi connectivity index (χ3v) is 14.2. The number of nitrogens with one attached hydrogen (secondary N) is 1. The van der Waals surface area contributed by atoms with Crippen molar-refractivity contribution in [2.45, 2.75) is 21.4 Å². The minimum atomic E-state index is -0.550. The molecular formula is C56H38N4S. The third kappa shape index (κ3) is 4.84. The van der Waals surface area contributed by atoms with Crippen molar-refractivity contribution >= 4 is 67.7 Å². The SMILES string of the molecule is c1ccc(N2c3ccccc3C3(c4ccccc4Sc4c3ccc3c4c4ccccc4n3-c3ccc(C4Nc5ccccc5N4c4ccccc4)cc3)c3ccccc32)cc1. The Morgan fingerprint density at radius 2 is 1.02 bits per heavy atom. The molecule has 10 aromatic rings. The van der Waals surface area contributed by atoms with E-state index in [1.807, 2.05) is 11.8 Å². The highest BCUT2D eigenvalue weighted by molar-refractivity contribution is 7.99. The van der Waals surface area contributed by atoms with Crippen molar-refractivity contribution in [3.05, 3.63) is 246 Å². The molecule has 3 aliphatic rings. The summed E-state index contributed by atoms with van der Waals surface area (Å²) >= 11 is 1.92. The molecule has 0 amide bonds. The number of anilines is 6. The van der Waals surface area contributed by atoms with Gasteiger partial charge in [0, 0.05) is 37.6 Å². The Labute approximate surface area is 359 Å². The van der Waals surface area contributed by atoms with E-state index in [4.69, 9.17) is 0 Å². The topological polar surface area (TPSA) is 23.4 Å². The average Bonchev–Trinajstić information content (AvgIpc) is 3.89. The molecule has 1 unspecified atom stereocenters. The van der Waals surface area contributed by atoms with E-state index in [-0.39, 0.29) is 6.17 Å². The summed E-state index contributed by atoms with van der Waals surface area (Å²) in [7, 11) is 0. The Morgan fingerprint density at radius 1 is 0.426 bits per heavy atom. The van der Waals surface area contributed by atoms with Gasteiger partial charge in [-0.3, -0.25) is 0 Å². The fourth-order valence-corrected chi connectivity index (χ4v) is 11.9. The Kier molecular flexibility index (Phi) is 7.48. The molecule has 1 N–H and O–H groups in total. The second-order valence-corrected chi connectivity index (χ2v) is 17.2. The van der Waals surface area contributed by atoms with Gasteiger partial charge in [-0.1, -0.05) is 151 Å². The van der Waals surface area contributed by atoms with Crippen molar-refractivity contribution < 1.29 is 0 Å². The first-order chi connectivity index (χ1) is 30.3. The first kappa shape index (κ1) is 34.4. The Hall–Kier alpha value is -7.47. The summed E-state index contributed by atoms with van der Waals surface area (Å²) < 4.78 is 2.47. The van der Waals surface area contributed by atoms with Crippen LogP contribution in [0, 0.1) is 0 Å². The van der Waals surface area contributed by atoms with E-state index in [0.717, 1.165) is 22.7 Å². The zero-order valence-electron chi connectivity index (χ0n) is 33.1. The first-order valence-electron chi connectivity index (χ1n) is 21.0. The third-order valence-electron chi connectivity index (χ3n) is 13.0. The second-order valence-electron chi connectivity index (χ2n) is 16.1. The van der Waals surface area contributed by atoms with Crippen molar-refractivity contribution in [2.24, 2.45) is 0 Å². The van der Waals surface area contributed by atoms with Gasteiger partial charge in [0.2, 0.25) is 0 Å². The lowest BCUT2D eigenvalue weighted by Gasteiger charge is -2.49. The predicted octanol–water partition coefficient (Wildman–Crippen LogP) is 14.7. The van der Waals surface area contributed by atoms with Gasteiger partial charge >= 0.3 is 0 Å². The predicted molar refractivity (Wildman–Crippen MR) is 253 cm³/mol. The molecule has 0 saturated heterocycles. The smallest absolute Gasteiger partial charge is 0.130 e. The van der Waals surface area contributed by atoms with Crippen LogP contribution < -0.4 is 15.1 Å². The minimum absolute atomic E-state index is 0.0364. The molecule has 61 heavy (non-hydrogen) atoms. The molecule has 0 bridgehead atoms. The molecule has 4 nitrogen and oxygen atoms in total. The molecule has 1 spiro atoms. The molecule has 288 valence electrons. The van der Waals surface area contributed by atoms with E-state index in [1.54, 1.807) is 0 Å². The molecular weight excluding hydrogens is 761 g/mol. The van der Waals surface area contributed by atoms with Gasteiger partial charge in [0.15, 0.2) is 0 Å². The van der Waals surface area contributed by atoms with Crippen molar-refractivity contribution in [3.63, 3.8) is 0 Å². The van der Waals surface area contributed by atoms with Crippen LogP contribution in [0.15, 0.2) is 228 Å². The highest BCUT2D eigenvalue weighted by atomic mass is 32.2. The zero-order valence-corrected chi connectivity index (χ0v) is 33.9. The summed E-state index contributed by atoms with van der Waals surface area (Å²) in [5, 5.41) is 6.37. The molecule has 4 heterocycles. The fraction of sp³-hybridized carbons (Fsp3) is 0.0357. The lowest BCUT2D eigenvalue weighted by Crippen LogP contribution is -2.39. The Morgan fingerprint density at radius 3 is 1.75 bits per heavy atom. The lowest BCUT2D eigenvalue weighted by atomic mass is 9.62. The van der Waals surface area contributed by atoms with Crippen LogP contribution in [-0.4, -0.2) is 4.57 Å². The van der Waals surface area contributed by atoms with Crippen molar-refractivity contribution in [2.75, 3.05) is 15.1 Å². The van der Waals surface area contributed by atoms with Gasteiger partial charge in [0.05, 0.1) is 39.2 Å². The van der Waals surface area contributed by atoms with Crippen molar-refractivity contribution in [1.29, 1.82) is 0 Å². The van der Waals surface area contributed by atoms with E-state index >= 15 is 0 Å². The van der Waals surface area contributed by atoms with Gasteiger partial charge in [-0.2, -0.15) is 0 Å². The number of benzene rings is 9. The molecule has 0 aliphatic carbocycles. The maximum atomic E-state index is 3.82. The molecule has 0 saturated carbocycles. The maximum absolute atomic E-state index is 3.82. The quantitative estimate of drug-likeness (QED) is 0.192. The average molecular weight is 799 g/mol. The van der Waals surface area contributed by atoms with E-state index in [0.29, 0.717) is 0 Å². The second kappa shape index (κ2) is 13.3. The largest absolute Gasteiger partial charge is 0.359 e. The minimum Gasteiger partial charge on any atom is -0.359 e. The van der Waals surface area contributed by atoms with Crippen molar-refractivity contribution in [3.8, 4) is 5.69 Å². The number of fused-ring (bicyclic) bond motifs is 13. The molecule has 0 fully saturated rings. The summed E-state index contributed by atoms with van der Waals surface area (Å²) in [6, 6.07) is 80.3. The highest BCUT2D eigenvalue weighted by Gasteiger charge is 2.50. The van der Waals surface area contributed by atoms with Gasteiger partial charge in [0.1, 0.15) is 6.17 Å². The molecule has 1 aromatic heterocycles. The van der Waals surface area contributed by atoms with E-state index in [9.17, 15) is 0 Å². The van der Waals surface area contributed by atoms with Crippen LogP contribution >= 0.6 is 11.8 Å². The highest BCUT2D eigenvalue weighted by Crippen LogP contribution is 2.64. The summed E-state index contributed by atoms with van der Waals surface area (Å²) in [4.78, 5) is 7.46. The zero-order chi connectivity index (χ0) is 40.1. The van der Waals surface area contributed by atoms with Crippen LogP contribution in [0.5, 0.6) is 0 Å². The van der Waals surface area contributed by atoms with Crippen molar-refractivity contribution in [1.82, 2.24) is 4.57 Å². The van der Waals surface area contributed by atoms with Gasteiger partial charge in [-0.25, -0.2) is 0 Å². The first-order valence-corrected chi connectivity index (χ1v) is 21.8. The monoisotopic (exact) mass is 798 g/mol. The van der Waals surface area contributed by atoms with Gasteiger partial charge in [-0.15, -0.1) is 0 Å². The molecule has 0 radical (unpaired) electrons. The Bertz CT molecular complexity index is 3290. The molecule has 1 atom stereocenters. The number of hydrogen-bond acceptors (Lipinski definition) is 4. The van der Waals surface area contributed by atoms with Crippen LogP contribution in [0.4, 0.5) is 34.1 Å². The number of rotatable bonds is 4. The van der Waals surface area contributed by atoms with Crippen LogP contribution in [0.3, 0.4) is 0 Å². The summed E-state index contributed by atoms with van der Waals surface area (Å²) in [5.41, 5.74) is 16.5. The van der Waals surface area contributed by atoms with E-state index in [1.165, 1.54) is 76.5 Å². The van der Waals surface area contributed by atoms with Gasteiger partial charge in [0.25, 0.3) is 0 Å². The van der Waals surface area contributed by atoms with Gasteiger partial charge < -0.3 is 19.7 Å². The van der Waals surface area contributed by atoms with Crippen LogP contribution in [0.1, 0.15) is 34.0 Å². The van der Waals surface area contributed by atoms with Gasteiger partial charge in [-0.05, 0) is 107 Å².